The van der Waals surface area contributed by atoms with E-state index in [4.69, 9.17) is 14.2 Å². The first kappa shape index (κ1) is 24.5. The zero-order valence-corrected chi connectivity index (χ0v) is 20.8. The molecule has 1 N–H and O–H groups in total. The molecule has 0 bridgehead atoms. The predicted octanol–water partition coefficient (Wildman–Crippen LogP) is 5.44. The van der Waals surface area contributed by atoms with Crippen molar-refractivity contribution >= 4 is 27.9 Å². The molecule has 6 heteroatoms. The van der Waals surface area contributed by atoms with Crippen molar-refractivity contribution in [2.75, 3.05) is 19.8 Å². The van der Waals surface area contributed by atoms with Crippen LogP contribution in [0.2, 0.25) is 0 Å². The fourth-order valence-corrected chi connectivity index (χ4v) is 4.04. The van der Waals surface area contributed by atoms with Crippen molar-refractivity contribution in [3.8, 4) is 5.75 Å². The van der Waals surface area contributed by atoms with Crippen LogP contribution in [0.3, 0.4) is 0 Å². The van der Waals surface area contributed by atoms with Gasteiger partial charge in [-0.05, 0) is 74.6 Å². The van der Waals surface area contributed by atoms with Crippen molar-refractivity contribution in [3.05, 3.63) is 69.7 Å². The lowest BCUT2D eigenvalue weighted by Crippen LogP contribution is -2.59. The van der Waals surface area contributed by atoms with Crippen LogP contribution < -0.4 is 10.1 Å². The van der Waals surface area contributed by atoms with Gasteiger partial charge < -0.3 is 19.5 Å². The summed E-state index contributed by atoms with van der Waals surface area (Å²) in [5.74, 6) is 0.117. The smallest absolute Gasteiger partial charge is 0.217 e. The van der Waals surface area contributed by atoms with E-state index >= 15 is 0 Å². The highest BCUT2D eigenvalue weighted by atomic mass is 79.9. The van der Waals surface area contributed by atoms with E-state index < -0.39 is 11.3 Å². The van der Waals surface area contributed by atoms with Gasteiger partial charge in [0.1, 0.15) is 11.3 Å². The number of carbonyl (C=O) groups excluding carboxylic acids is 1. The Morgan fingerprint density at radius 2 is 1.94 bits per heavy atom. The molecule has 0 unspecified atom stereocenters. The molecule has 1 aliphatic heterocycles. The van der Waals surface area contributed by atoms with Crippen molar-refractivity contribution in [3.63, 3.8) is 0 Å². The van der Waals surface area contributed by atoms with Gasteiger partial charge in [-0.15, -0.1) is 0 Å². The molecule has 172 valence electrons. The number of rotatable bonds is 8. The van der Waals surface area contributed by atoms with Gasteiger partial charge in [0, 0.05) is 11.4 Å². The van der Waals surface area contributed by atoms with Crippen molar-refractivity contribution in [1.29, 1.82) is 0 Å². The van der Waals surface area contributed by atoms with Crippen LogP contribution >= 0.6 is 15.9 Å². The molecule has 5 nitrogen and oxygen atoms in total. The molecule has 0 spiro atoms. The molecule has 0 atom stereocenters. The number of amides is 1. The molecule has 32 heavy (non-hydrogen) atoms. The molecule has 0 aromatic heterocycles. The van der Waals surface area contributed by atoms with Crippen LogP contribution in [0.1, 0.15) is 43.9 Å². The summed E-state index contributed by atoms with van der Waals surface area (Å²) in [5, 5.41) is 2.98. The fourth-order valence-electron chi connectivity index (χ4n) is 3.59. The van der Waals surface area contributed by atoms with Crippen molar-refractivity contribution < 1.29 is 19.0 Å². The van der Waals surface area contributed by atoms with Gasteiger partial charge in [-0.1, -0.05) is 46.3 Å². The second-order valence-corrected chi connectivity index (χ2v) is 9.67. The number of hydrogen-bond acceptors (Lipinski definition) is 4. The van der Waals surface area contributed by atoms with Crippen molar-refractivity contribution in [1.82, 2.24) is 5.32 Å². The highest BCUT2D eigenvalue weighted by molar-refractivity contribution is 9.10. The second kappa shape index (κ2) is 10.6. The molecule has 1 saturated heterocycles. The molecule has 1 aliphatic rings. The molecule has 0 saturated carbocycles. The van der Waals surface area contributed by atoms with E-state index in [0.29, 0.717) is 19.8 Å². The molecular weight excluding hydrogens is 470 g/mol. The predicted molar refractivity (Wildman–Crippen MR) is 131 cm³/mol. The van der Waals surface area contributed by atoms with Gasteiger partial charge in [0.15, 0.2) is 5.79 Å². The summed E-state index contributed by atoms with van der Waals surface area (Å²) in [7, 11) is 0. The first-order chi connectivity index (χ1) is 15.2. The lowest BCUT2D eigenvalue weighted by atomic mass is 9.97. The zero-order valence-electron chi connectivity index (χ0n) is 19.2. The van der Waals surface area contributed by atoms with E-state index in [0.717, 1.165) is 34.2 Å². The van der Waals surface area contributed by atoms with Crippen molar-refractivity contribution in [2.24, 2.45) is 0 Å². The number of benzene rings is 2. The summed E-state index contributed by atoms with van der Waals surface area (Å²) < 4.78 is 18.7. The SMILES string of the molecule is CC(=O)NC1(/C=C/c2ccc(OCCCc3cccc(Br)c3)c(C)c2)COC(C)(C)OC1. The van der Waals surface area contributed by atoms with Crippen LogP contribution in [0.15, 0.2) is 53.0 Å². The Kier molecular flexibility index (Phi) is 8.15. The van der Waals surface area contributed by atoms with Gasteiger partial charge in [0.05, 0.1) is 19.8 Å². The normalized spacial score (nSPS) is 17.3. The maximum Gasteiger partial charge on any atom is 0.217 e. The van der Waals surface area contributed by atoms with E-state index in [1.807, 2.05) is 51.1 Å². The van der Waals surface area contributed by atoms with Crippen LogP contribution in [-0.4, -0.2) is 37.1 Å². The Morgan fingerprint density at radius 3 is 2.59 bits per heavy atom. The Labute approximate surface area is 199 Å². The fraction of sp³-hybridized carbons (Fsp3) is 0.423. The summed E-state index contributed by atoms with van der Waals surface area (Å²) in [4.78, 5) is 11.7. The zero-order chi connectivity index (χ0) is 23.2. The first-order valence-electron chi connectivity index (χ1n) is 10.9. The molecule has 2 aromatic carbocycles. The van der Waals surface area contributed by atoms with Gasteiger partial charge in [-0.3, -0.25) is 4.79 Å². The van der Waals surface area contributed by atoms with Crippen LogP contribution in [0.4, 0.5) is 0 Å². The Morgan fingerprint density at radius 1 is 1.19 bits per heavy atom. The molecule has 2 aromatic rings. The number of nitrogens with one attached hydrogen (secondary N) is 1. The Hall–Kier alpha value is -2.15. The average Bonchev–Trinajstić information content (AvgIpc) is 2.73. The highest BCUT2D eigenvalue weighted by Crippen LogP contribution is 2.26. The van der Waals surface area contributed by atoms with Gasteiger partial charge in [0.25, 0.3) is 0 Å². The lowest BCUT2D eigenvalue weighted by molar-refractivity contribution is -0.264. The summed E-state index contributed by atoms with van der Waals surface area (Å²) in [5.41, 5.74) is 2.71. The number of aryl methyl sites for hydroxylation is 2. The number of carbonyl (C=O) groups is 1. The molecule has 1 fully saturated rings. The second-order valence-electron chi connectivity index (χ2n) is 8.75. The number of ether oxygens (including phenoxy) is 3. The van der Waals surface area contributed by atoms with Crippen LogP contribution in [0.5, 0.6) is 5.75 Å². The maximum atomic E-state index is 11.7. The minimum atomic E-state index is -0.684. The third kappa shape index (κ3) is 7.19. The molecular formula is C26H32BrNO4. The number of hydrogen-bond donors (Lipinski definition) is 1. The third-order valence-electron chi connectivity index (χ3n) is 5.33. The summed E-state index contributed by atoms with van der Waals surface area (Å²) in [6.07, 6.45) is 5.88. The highest BCUT2D eigenvalue weighted by Gasteiger charge is 2.38. The van der Waals surface area contributed by atoms with Gasteiger partial charge in [-0.2, -0.15) is 0 Å². The molecule has 3 rings (SSSR count). The minimum absolute atomic E-state index is 0.121. The van der Waals surface area contributed by atoms with Gasteiger partial charge in [-0.25, -0.2) is 0 Å². The minimum Gasteiger partial charge on any atom is -0.493 e. The van der Waals surface area contributed by atoms with E-state index in [-0.39, 0.29) is 5.91 Å². The third-order valence-corrected chi connectivity index (χ3v) is 5.82. The van der Waals surface area contributed by atoms with E-state index in [2.05, 4.69) is 45.5 Å². The summed E-state index contributed by atoms with van der Waals surface area (Å²) in [6.45, 7) is 8.66. The van der Waals surface area contributed by atoms with Gasteiger partial charge >= 0.3 is 0 Å². The average molecular weight is 502 g/mol. The Balaban J connectivity index is 1.58. The first-order valence-corrected chi connectivity index (χ1v) is 11.7. The largest absolute Gasteiger partial charge is 0.493 e. The van der Waals surface area contributed by atoms with Crippen LogP contribution in [-0.2, 0) is 20.7 Å². The Bertz CT molecular complexity index is 960. The van der Waals surface area contributed by atoms with Crippen LogP contribution in [0, 0.1) is 6.92 Å². The standard InChI is InChI=1S/C26H32BrNO4/c1-19-15-22(12-13-26(28-20(2)29)17-31-25(3,4)32-18-26)10-11-24(19)30-14-6-8-21-7-5-9-23(27)16-21/h5,7,9-13,15-16H,6,8,14,17-18H2,1-4H3,(H,28,29)/b13-12+. The topological polar surface area (TPSA) is 56.8 Å². The maximum absolute atomic E-state index is 11.7. The van der Waals surface area contributed by atoms with E-state index in [9.17, 15) is 4.79 Å². The molecule has 0 aliphatic carbocycles. The summed E-state index contributed by atoms with van der Waals surface area (Å²) in [6, 6.07) is 14.5. The lowest BCUT2D eigenvalue weighted by Gasteiger charge is -2.42. The molecule has 1 heterocycles. The monoisotopic (exact) mass is 501 g/mol. The van der Waals surface area contributed by atoms with E-state index in [1.165, 1.54) is 12.5 Å². The van der Waals surface area contributed by atoms with Gasteiger partial charge in [0.2, 0.25) is 5.91 Å². The van der Waals surface area contributed by atoms with Crippen molar-refractivity contribution in [2.45, 2.75) is 51.9 Å². The molecule has 1 amide bonds. The summed E-state index contributed by atoms with van der Waals surface area (Å²) >= 11 is 3.51. The number of halogens is 1. The van der Waals surface area contributed by atoms with E-state index in [1.54, 1.807) is 0 Å². The molecule has 0 radical (unpaired) electrons. The van der Waals surface area contributed by atoms with Crippen LogP contribution in [0.25, 0.3) is 6.08 Å². The quantitative estimate of drug-likeness (QED) is 0.489.